The third-order valence-electron chi connectivity index (χ3n) is 3.09. The maximum atomic E-state index is 12.3. The molecule has 0 saturated heterocycles. The summed E-state index contributed by atoms with van der Waals surface area (Å²) in [6, 6.07) is 13.1. The molecule has 0 aromatic heterocycles. The molecule has 7 heteroatoms. The summed E-state index contributed by atoms with van der Waals surface area (Å²) in [6.45, 7) is 3.64. The zero-order chi connectivity index (χ0) is 17.1. The van der Waals surface area contributed by atoms with Crippen molar-refractivity contribution in [2.75, 3.05) is 6.54 Å². The van der Waals surface area contributed by atoms with Crippen molar-refractivity contribution in [3.63, 3.8) is 0 Å². The first-order valence-corrected chi connectivity index (χ1v) is 8.85. The normalized spacial score (nSPS) is 12.2. The Labute approximate surface area is 141 Å². The lowest BCUT2D eigenvalue weighted by molar-refractivity contribution is 0.462. The molecule has 0 atom stereocenters. The molecule has 2 aromatic carbocycles. The largest absolute Gasteiger partial charge is 0.457 e. The van der Waals surface area contributed by atoms with Crippen molar-refractivity contribution in [3.8, 4) is 11.5 Å². The number of benzene rings is 2. The molecular formula is C16H19ClN2O3S. The fourth-order valence-electron chi connectivity index (χ4n) is 1.82. The van der Waals surface area contributed by atoms with Crippen LogP contribution < -0.4 is 15.2 Å². The van der Waals surface area contributed by atoms with Crippen molar-refractivity contribution in [1.82, 2.24) is 4.72 Å². The van der Waals surface area contributed by atoms with E-state index in [1.54, 1.807) is 50.2 Å². The third kappa shape index (κ3) is 4.94. The van der Waals surface area contributed by atoms with Gasteiger partial charge in [-0.2, -0.15) is 0 Å². The molecule has 0 aliphatic heterocycles. The van der Waals surface area contributed by atoms with Gasteiger partial charge in [-0.1, -0.05) is 17.7 Å². The number of rotatable bonds is 6. The molecule has 23 heavy (non-hydrogen) atoms. The van der Waals surface area contributed by atoms with Crippen LogP contribution in [0.5, 0.6) is 11.5 Å². The molecule has 0 saturated carbocycles. The average molecular weight is 355 g/mol. The highest BCUT2D eigenvalue weighted by atomic mass is 35.5. The second-order valence-corrected chi connectivity index (χ2v) is 7.84. The fourth-order valence-corrected chi connectivity index (χ4v) is 3.42. The minimum atomic E-state index is -3.63. The standard InChI is InChI=1S/C16H19ClN2O3S/c1-16(2,11-18)19-23(20,21)15-8-6-13(7-9-15)22-14-5-3-4-12(17)10-14/h3-10,19H,11,18H2,1-2H3. The summed E-state index contributed by atoms with van der Waals surface area (Å²) in [7, 11) is -3.63. The summed E-state index contributed by atoms with van der Waals surface area (Å²) in [4.78, 5) is 0.150. The summed E-state index contributed by atoms with van der Waals surface area (Å²) in [5, 5.41) is 0.565. The van der Waals surface area contributed by atoms with E-state index in [1.165, 1.54) is 12.1 Å². The van der Waals surface area contributed by atoms with E-state index in [0.717, 1.165) is 0 Å². The number of nitrogens with one attached hydrogen (secondary N) is 1. The number of ether oxygens (including phenoxy) is 1. The Bertz CT molecular complexity index is 774. The van der Waals surface area contributed by atoms with E-state index in [4.69, 9.17) is 22.1 Å². The Hall–Kier alpha value is -1.60. The maximum absolute atomic E-state index is 12.3. The smallest absolute Gasteiger partial charge is 0.241 e. The van der Waals surface area contributed by atoms with Gasteiger partial charge in [0.1, 0.15) is 11.5 Å². The van der Waals surface area contributed by atoms with Crippen LogP contribution in [0.2, 0.25) is 5.02 Å². The molecule has 0 aliphatic carbocycles. The Morgan fingerprint density at radius 1 is 1.13 bits per heavy atom. The monoisotopic (exact) mass is 354 g/mol. The molecule has 124 valence electrons. The zero-order valence-corrected chi connectivity index (χ0v) is 14.5. The predicted octanol–water partition coefficient (Wildman–Crippen LogP) is 3.15. The fraction of sp³-hybridized carbons (Fsp3) is 0.250. The first-order valence-electron chi connectivity index (χ1n) is 6.99. The van der Waals surface area contributed by atoms with Gasteiger partial charge in [-0.15, -0.1) is 0 Å². The van der Waals surface area contributed by atoms with Crippen LogP contribution in [0.1, 0.15) is 13.8 Å². The van der Waals surface area contributed by atoms with Crippen molar-refractivity contribution in [1.29, 1.82) is 0 Å². The topological polar surface area (TPSA) is 81.4 Å². The van der Waals surface area contributed by atoms with Gasteiger partial charge in [0, 0.05) is 17.1 Å². The number of hydrogen-bond donors (Lipinski definition) is 2. The van der Waals surface area contributed by atoms with E-state index in [-0.39, 0.29) is 11.4 Å². The van der Waals surface area contributed by atoms with E-state index < -0.39 is 15.6 Å². The van der Waals surface area contributed by atoms with Gasteiger partial charge in [0.15, 0.2) is 0 Å². The van der Waals surface area contributed by atoms with Crippen molar-refractivity contribution in [2.24, 2.45) is 5.73 Å². The van der Waals surface area contributed by atoms with Crippen molar-refractivity contribution in [3.05, 3.63) is 53.6 Å². The minimum Gasteiger partial charge on any atom is -0.457 e. The summed E-state index contributed by atoms with van der Waals surface area (Å²) in [6.07, 6.45) is 0. The Morgan fingerprint density at radius 3 is 2.35 bits per heavy atom. The zero-order valence-electron chi connectivity index (χ0n) is 12.9. The van der Waals surface area contributed by atoms with E-state index in [0.29, 0.717) is 16.5 Å². The van der Waals surface area contributed by atoms with Gasteiger partial charge in [0.05, 0.1) is 4.90 Å². The number of sulfonamides is 1. The Balaban J connectivity index is 2.16. The highest BCUT2D eigenvalue weighted by molar-refractivity contribution is 7.89. The van der Waals surface area contributed by atoms with Crippen LogP contribution in [-0.2, 0) is 10.0 Å². The van der Waals surface area contributed by atoms with Gasteiger partial charge in [0.25, 0.3) is 0 Å². The first-order chi connectivity index (χ1) is 10.7. The molecule has 0 fully saturated rings. The highest BCUT2D eigenvalue weighted by Crippen LogP contribution is 2.25. The van der Waals surface area contributed by atoms with Crippen molar-refractivity contribution in [2.45, 2.75) is 24.3 Å². The molecule has 5 nitrogen and oxygen atoms in total. The lowest BCUT2D eigenvalue weighted by Gasteiger charge is -2.23. The van der Waals surface area contributed by atoms with Crippen LogP contribution >= 0.6 is 11.6 Å². The van der Waals surface area contributed by atoms with Crippen LogP contribution in [0.15, 0.2) is 53.4 Å². The Kier molecular flexibility index (Phi) is 5.31. The minimum absolute atomic E-state index is 0.150. The van der Waals surface area contributed by atoms with Gasteiger partial charge < -0.3 is 10.5 Å². The second kappa shape index (κ2) is 6.88. The summed E-state index contributed by atoms with van der Waals surface area (Å²) in [5.41, 5.74) is 4.84. The molecule has 0 aliphatic rings. The van der Waals surface area contributed by atoms with Gasteiger partial charge in [0.2, 0.25) is 10.0 Å². The van der Waals surface area contributed by atoms with E-state index in [9.17, 15) is 8.42 Å². The third-order valence-corrected chi connectivity index (χ3v) is 5.04. The molecule has 2 rings (SSSR count). The average Bonchev–Trinajstić information content (AvgIpc) is 2.47. The maximum Gasteiger partial charge on any atom is 0.241 e. The molecule has 0 bridgehead atoms. The lowest BCUT2D eigenvalue weighted by atomic mass is 10.1. The molecule has 0 unspecified atom stereocenters. The van der Waals surface area contributed by atoms with E-state index >= 15 is 0 Å². The molecule has 3 N–H and O–H groups in total. The first kappa shape index (κ1) is 17.7. The summed E-state index contributed by atoms with van der Waals surface area (Å²) >= 11 is 5.89. The molecule has 2 aromatic rings. The van der Waals surface area contributed by atoms with Crippen LogP contribution in [0.25, 0.3) is 0 Å². The second-order valence-electron chi connectivity index (χ2n) is 5.72. The quantitative estimate of drug-likeness (QED) is 0.834. The molecular weight excluding hydrogens is 336 g/mol. The van der Waals surface area contributed by atoms with Gasteiger partial charge in [-0.05, 0) is 56.3 Å². The van der Waals surface area contributed by atoms with Crippen molar-refractivity contribution < 1.29 is 13.2 Å². The lowest BCUT2D eigenvalue weighted by Crippen LogP contribution is -2.48. The summed E-state index contributed by atoms with van der Waals surface area (Å²) < 4.78 is 32.8. The van der Waals surface area contributed by atoms with Crippen LogP contribution in [-0.4, -0.2) is 20.5 Å². The van der Waals surface area contributed by atoms with Crippen LogP contribution in [0.3, 0.4) is 0 Å². The van der Waals surface area contributed by atoms with Gasteiger partial charge in [-0.25, -0.2) is 13.1 Å². The van der Waals surface area contributed by atoms with Crippen LogP contribution in [0.4, 0.5) is 0 Å². The van der Waals surface area contributed by atoms with E-state index in [1.807, 2.05) is 0 Å². The molecule has 0 spiro atoms. The van der Waals surface area contributed by atoms with Gasteiger partial charge >= 0.3 is 0 Å². The SMILES string of the molecule is CC(C)(CN)NS(=O)(=O)c1ccc(Oc2cccc(Cl)c2)cc1. The predicted molar refractivity (Wildman–Crippen MR) is 91.4 cm³/mol. The summed E-state index contributed by atoms with van der Waals surface area (Å²) in [5.74, 6) is 1.10. The number of hydrogen-bond acceptors (Lipinski definition) is 4. The van der Waals surface area contributed by atoms with Gasteiger partial charge in [-0.3, -0.25) is 0 Å². The van der Waals surface area contributed by atoms with E-state index in [2.05, 4.69) is 4.72 Å². The molecule has 0 heterocycles. The number of halogens is 1. The highest BCUT2D eigenvalue weighted by Gasteiger charge is 2.24. The van der Waals surface area contributed by atoms with Crippen molar-refractivity contribution >= 4 is 21.6 Å². The Morgan fingerprint density at radius 2 is 1.78 bits per heavy atom. The molecule has 0 radical (unpaired) electrons. The number of nitrogens with two attached hydrogens (primary N) is 1. The van der Waals surface area contributed by atoms with Crippen LogP contribution in [0, 0.1) is 0 Å². The molecule has 0 amide bonds.